The van der Waals surface area contributed by atoms with E-state index in [1.807, 2.05) is 0 Å². The quantitative estimate of drug-likeness (QED) is 0.392. The zero-order chi connectivity index (χ0) is 22.9. The lowest BCUT2D eigenvalue weighted by molar-refractivity contribution is 0.425. The molecule has 112 valence electrons. The molecule has 1 aromatic heterocycles. The zero-order valence-electron chi connectivity index (χ0n) is 19.6. The zero-order valence-corrected chi connectivity index (χ0v) is 12.5. The van der Waals surface area contributed by atoms with Crippen molar-refractivity contribution in [2.24, 2.45) is 0 Å². The number of nitrogens with zero attached hydrogens (tertiary/aromatic N) is 1. The maximum Gasteiger partial charge on any atom is 0.489 e. The van der Waals surface area contributed by atoms with E-state index in [0.717, 1.165) is 0 Å². The van der Waals surface area contributed by atoms with Crippen molar-refractivity contribution in [2.45, 2.75) is 4.90 Å². The summed E-state index contributed by atoms with van der Waals surface area (Å²) in [5, 5.41) is 18.9. The van der Waals surface area contributed by atoms with Crippen molar-refractivity contribution in [3.05, 3.63) is 66.5 Å². The van der Waals surface area contributed by atoms with Crippen LogP contribution in [0.1, 0.15) is 11.0 Å². The van der Waals surface area contributed by atoms with Crippen LogP contribution in [-0.2, 0) is 0 Å². The van der Waals surface area contributed by atoms with Gasteiger partial charge in [-0.05, 0) is 29.7 Å². The fourth-order valence-corrected chi connectivity index (χ4v) is 2.89. The molecular formula is C18H14BNO2S. The fourth-order valence-electron chi connectivity index (χ4n) is 2.57. The molecule has 0 aliphatic carbocycles. The summed E-state index contributed by atoms with van der Waals surface area (Å²) in [6.07, 6.45) is 0. The van der Waals surface area contributed by atoms with E-state index in [1.165, 1.54) is 22.8 Å². The molecule has 0 unspecified atom stereocenters. The first-order valence-electron chi connectivity index (χ1n) is 10.7. The SMILES string of the molecule is [2H]c1c([2H])c([2H])c2c(c1[2H])c1c([2H])c([2H])c([2H])c([2H])c1n2-c1ccc(B(O)O)c(S)c1. The lowest BCUT2D eigenvalue weighted by Crippen LogP contribution is -2.31. The predicted octanol–water partition coefficient (Wildman–Crippen LogP) is 2.75. The summed E-state index contributed by atoms with van der Waals surface area (Å²) in [4.78, 5) is 0.184. The first-order chi connectivity index (χ1) is 14.5. The number of para-hydroxylation sites is 2. The van der Waals surface area contributed by atoms with Crippen LogP contribution in [0, 0.1) is 0 Å². The van der Waals surface area contributed by atoms with Gasteiger partial charge in [-0.15, -0.1) is 12.6 Å². The third-order valence-electron chi connectivity index (χ3n) is 3.58. The molecule has 1 heterocycles. The second kappa shape index (κ2) is 5.46. The van der Waals surface area contributed by atoms with Gasteiger partial charge in [-0.3, -0.25) is 0 Å². The number of benzene rings is 3. The summed E-state index contributed by atoms with van der Waals surface area (Å²) >= 11 is 4.26. The topological polar surface area (TPSA) is 45.4 Å². The lowest BCUT2D eigenvalue weighted by Gasteiger charge is -2.11. The molecule has 3 nitrogen and oxygen atoms in total. The fraction of sp³-hybridized carbons (Fsp3) is 0. The normalized spacial score (nSPS) is 16.1. The molecule has 3 aromatic carbocycles. The Labute approximate surface area is 150 Å². The number of thiol groups is 1. The van der Waals surface area contributed by atoms with Gasteiger partial charge in [0.2, 0.25) is 0 Å². The monoisotopic (exact) mass is 327 g/mol. The van der Waals surface area contributed by atoms with Crippen molar-refractivity contribution in [1.29, 1.82) is 0 Å². The van der Waals surface area contributed by atoms with Crippen LogP contribution in [0.3, 0.4) is 0 Å². The molecule has 0 radical (unpaired) electrons. The van der Waals surface area contributed by atoms with Gasteiger partial charge in [0.15, 0.2) is 0 Å². The lowest BCUT2D eigenvalue weighted by atomic mass is 9.80. The van der Waals surface area contributed by atoms with E-state index in [0.29, 0.717) is 0 Å². The minimum atomic E-state index is -1.78. The molecule has 0 saturated carbocycles. The summed E-state index contributed by atoms with van der Waals surface area (Å²) in [5.74, 6) is 0. The van der Waals surface area contributed by atoms with Gasteiger partial charge >= 0.3 is 7.12 Å². The van der Waals surface area contributed by atoms with E-state index in [1.54, 1.807) is 0 Å². The van der Waals surface area contributed by atoms with Crippen molar-refractivity contribution in [2.75, 3.05) is 0 Å². The van der Waals surface area contributed by atoms with Crippen LogP contribution in [0.25, 0.3) is 27.5 Å². The average molecular weight is 327 g/mol. The molecule has 0 aliphatic rings. The Bertz CT molecular complexity index is 1350. The van der Waals surface area contributed by atoms with E-state index in [4.69, 9.17) is 11.0 Å². The Kier molecular flexibility index (Phi) is 1.91. The summed E-state index contributed by atoms with van der Waals surface area (Å²) in [5.41, 5.74) is 0.358. The van der Waals surface area contributed by atoms with Crippen LogP contribution >= 0.6 is 12.6 Å². The molecule has 0 spiro atoms. The summed E-state index contributed by atoms with van der Waals surface area (Å²) in [7, 11) is -1.78. The number of aromatic nitrogens is 1. The van der Waals surface area contributed by atoms with Crippen molar-refractivity contribution in [3.63, 3.8) is 0 Å². The summed E-state index contributed by atoms with van der Waals surface area (Å²) in [6, 6.07) is 0.557. The second-order valence-corrected chi connectivity index (χ2v) is 5.38. The van der Waals surface area contributed by atoms with Gasteiger partial charge in [-0.2, -0.15) is 0 Å². The van der Waals surface area contributed by atoms with Gasteiger partial charge in [0.1, 0.15) is 0 Å². The second-order valence-electron chi connectivity index (χ2n) is 4.90. The minimum absolute atomic E-state index is 0.0157. The van der Waals surface area contributed by atoms with Crippen molar-refractivity contribution < 1.29 is 21.0 Å². The average Bonchev–Trinajstić information content (AvgIpc) is 3.09. The van der Waals surface area contributed by atoms with Crippen molar-refractivity contribution in [3.8, 4) is 5.69 Å². The highest BCUT2D eigenvalue weighted by Gasteiger charge is 2.16. The molecule has 5 heteroatoms. The highest BCUT2D eigenvalue weighted by atomic mass is 32.1. The van der Waals surface area contributed by atoms with E-state index in [2.05, 4.69) is 12.6 Å². The Morgan fingerprint density at radius 2 is 1.48 bits per heavy atom. The Balaban J connectivity index is 2.33. The van der Waals surface area contributed by atoms with Crippen LogP contribution in [0.2, 0.25) is 0 Å². The van der Waals surface area contributed by atoms with Crippen LogP contribution in [0.5, 0.6) is 0 Å². The number of fused-ring (bicyclic) bond motifs is 3. The first-order valence-corrected chi connectivity index (χ1v) is 7.13. The van der Waals surface area contributed by atoms with E-state index in [-0.39, 0.29) is 37.9 Å². The molecule has 2 N–H and O–H groups in total. The molecule has 0 bridgehead atoms. The molecule has 4 aromatic rings. The van der Waals surface area contributed by atoms with Crippen LogP contribution in [0.4, 0.5) is 0 Å². The third-order valence-corrected chi connectivity index (χ3v) is 3.97. The highest BCUT2D eigenvalue weighted by molar-refractivity contribution is 7.80. The Morgan fingerprint density at radius 3 is 2.00 bits per heavy atom. The van der Waals surface area contributed by atoms with Crippen LogP contribution in [-0.4, -0.2) is 21.7 Å². The predicted molar refractivity (Wildman–Crippen MR) is 97.9 cm³/mol. The maximum atomic E-state index is 9.46. The minimum Gasteiger partial charge on any atom is -0.423 e. The van der Waals surface area contributed by atoms with E-state index in [9.17, 15) is 10.0 Å². The smallest absolute Gasteiger partial charge is 0.423 e. The Morgan fingerprint density at radius 1 is 0.913 bits per heavy atom. The third kappa shape index (κ3) is 2.25. The standard InChI is InChI=1S/C18H14BNO2S/c21-19(22)15-10-9-12(11-18(15)23)20-16-7-3-1-5-13(16)14-6-2-4-8-17(14)20/h1-11,21-23H/i1D,2D,3D,4D,5D,6D,7D,8D. The summed E-state index contributed by atoms with van der Waals surface area (Å²) in [6.45, 7) is 0. The van der Waals surface area contributed by atoms with Gasteiger partial charge in [0.05, 0.1) is 22.0 Å². The molecule has 0 saturated heterocycles. The van der Waals surface area contributed by atoms with Gasteiger partial charge in [0, 0.05) is 21.4 Å². The summed E-state index contributed by atoms with van der Waals surface area (Å²) < 4.78 is 67.1. The molecule has 4 rings (SSSR count). The number of hydrogen-bond donors (Lipinski definition) is 3. The van der Waals surface area contributed by atoms with Gasteiger partial charge < -0.3 is 14.6 Å². The highest BCUT2D eigenvalue weighted by Crippen LogP contribution is 2.31. The van der Waals surface area contributed by atoms with Gasteiger partial charge in [-0.1, -0.05) is 42.3 Å². The van der Waals surface area contributed by atoms with Crippen molar-refractivity contribution in [1.82, 2.24) is 4.57 Å². The Hall–Kier alpha value is -2.21. The molecule has 0 fully saturated rings. The number of hydrogen-bond acceptors (Lipinski definition) is 3. The van der Waals surface area contributed by atoms with Gasteiger partial charge in [-0.25, -0.2) is 0 Å². The van der Waals surface area contributed by atoms with Crippen molar-refractivity contribution >= 4 is 47.0 Å². The van der Waals surface area contributed by atoms with Gasteiger partial charge in [0.25, 0.3) is 0 Å². The van der Waals surface area contributed by atoms with Crippen LogP contribution < -0.4 is 5.46 Å². The number of rotatable bonds is 2. The molecule has 23 heavy (non-hydrogen) atoms. The molecule has 0 atom stereocenters. The molecule has 0 amide bonds. The van der Waals surface area contributed by atoms with E-state index >= 15 is 0 Å². The first kappa shape index (κ1) is 8.06. The molecular weight excluding hydrogens is 305 g/mol. The molecule has 0 aliphatic heterocycles. The van der Waals surface area contributed by atoms with E-state index < -0.39 is 55.5 Å². The van der Waals surface area contributed by atoms with Crippen LogP contribution in [0.15, 0.2) is 71.4 Å². The maximum absolute atomic E-state index is 9.46. The largest absolute Gasteiger partial charge is 0.489 e.